The lowest BCUT2D eigenvalue weighted by Gasteiger charge is -2.17. The summed E-state index contributed by atoms with van der Waals surface area (Å²) in [5.74, 6) is -1.44. The molecule has 0 aromatic carbocycles. The molecular formula is C9H11N5O4. The van der Waals surface area contributed by atoms with Crippen molar-refractivity contribution in [3.8, 4) is 0 Å². The van der Waals surface area contributed by atoms with Crippen molar-refractivity contribution in [1.29, 1.82) is 0 Å². The maximum Gasteiger partial charge on any atom is 0.337 e. The molecule has 0 fully saturated rings. The molecule has 0 aliphatic carbocycles. The minimum atomic E-state index is -2.09. The maximum absolute atomic E-state index is 11.9. The van der Waals surface area contributed by atoms with Gasteiger partial charge in [-0.05, 0) is 6.92 Å². The summed E-state index contributed by atoms with van der Waals surface area (Å²) in [7, 11) is 1.61. The van der Waals surface area contributed by atoms with E-state index in [-0.39, 0.29) is 5.39 Å². The normalized spacial score (nSPS) is 14.6. The third-order valence-corrected chi connectivity index (χ3v) is 2.54. The van der Waals surface area contributed by atoms with Crippen LogP contribution in [0.2, 0.25) is 0 Å². The molecule has 0 aliphatic heterocycles. The van der Waals surface area contributed by atoms with E-state index in [9.17, 15) is 14.7 Å². The van der Waals surface area contributed by atoms with Gasteiger partial charge in [0.05, 0.1) is 12.7 Å². The number of fused-ring (bicyclic) bond motifs is 1. The molecule has 2 aromatic rings. The summed E-state index contributed by atoms with van der Waals surface area (Å²) in [6.07, 6.45) is 1.32. The van der Waals surface area contributed by atoms with Gasteiger partial charge < -0.3 is 10.2 Å². The smallest absolute Gasteiger partial charge is 0.337 e. The first-order valence-electron chi connectivity index (χ1n) is 5.04. The number of rotatable bonds is 3. The average molecular weight is 253 g/mol. The second kappa shape index (κ2) is 3.88. The largest absolute Gasteiger partial charge is 0.479 e. The number of aliphatic hydroxyl groups is 1. The van der Waals surface area contributed by atoms with E-state index in [4.69, 9.17) is 5.11 Å². The molecule has 9 heteroatoms. The lowest BCUT2D eigenvalue weighted by atomic mass is 10.1. The Kier molecular flexibility index (Phi) is 2.62. The Bertz CT molecular complexity index is 671. The first kappa shape index (κ1) is 12.2. The number of aryl methyl sites for hydroxylation is 1. The van der Waals surface area contributed by atoms with E-state index in [2.05, 4.69) is 15.4 Å². The summed E-state index contributed by atoms with van der Waals surface area (Å²) in [4.78, 5) is 22.7. The zero-order chi connectivity index (χ0) is 13.5. The molecule has 0 amide bonds. The van der Waals surface area contributed by atoms with Crippen LogP contribution >= 0.6 is 0 Å². The summed E-state index contributed by atoms with van der Waals surface area (Å²) >= 11 is 0. The summed E-state index contributed by atoms with van der Waals surface area (Å²) < 4.78 is 2.18. The Morgan fingerprint density at radius 2 is 2.22 bits per heavy atom. The van der Waals surface area contributed by atoms with Gasteiger partial charge in [-0.3, -0.25) is 4.79 Å². The van der Waals surface area contributed by atoms with E-state index < -0.39 is 23.7 Å². The van der Waals surface area contributed by atoms with Crippen LogP contribution in [0.3, 0.4) is 0 Å². The molecule has 0 aliphatic rings. The van der Waals surface area contributed by atoms with Crippen molar-refractivity contribution in [3.63, 3.8) is 0 Å². The highest BCUT2D eigenvalue weighted by molar-refractivity contribution is 5.76. The number of aliphatic carboxylic acids is 1. The van der Waals surface area contributed by atoms with Crippen LogP contribution in [0.1, 0.15) is 6.92 Å². The summed E-state index contributed by atoms with van der Waals surface area (Å²) in [5.41, 5.74) is -2.34. The number of nitrogens with zero attached hydrogens (tertiary/aromatic N) is 5. The fourth-order valence-electron chi connectivity index (χ4n) is 1.44. The van der Waals surface area contributed by atoms with E-state index in [0.717, 1.165) is 11.6 Å². The van der Waals surface area contributed by atoms with Gasteiger partial charge in [-0.1, -0.05) is 5.21 Å². The molecule has 1 unspecified atom stereocenters. The number of carboxylic acid groups (broad SMARTS) is 1. The van der Waals surface area contributed by atoms with Crippen molar-refractivity contribution >= 4 is 17.0 Å². The van der Waals surface area contributed by atoms with Gasteiger partial charge >= 0.3 is 5.97 Å². The maximum atomic E-state index is 11.9. The molecule has 0 radical (unpaired) electrons. The number of carboxylic acids is 1. The Morgan fingerprint density at radius 3 is 2.83 bits per heavy atom. The Labute approximate surface area is 100 Å². The van der Waals surface area contributed by atoms with Gasteiger partial charge in [0.1, 0.15) is 5.39 Å². The first-order valence-corrected chi connectivity index (χ1v) is 5.04. The summed E-state index contributed by atoms with van der Waals surface area (Å²) in [5, 5.41) is 29.8. The molecule has 2 aromatic heterocycles. The van der Waals surface area contributed by atoms with Crippen molar-refractivity contribution < 1.29 is 15.0 Å². The Hall–Kier alpha value is -2.29. The molecular weight excluding hydrogens is 242 g/mol. The van der Waals surface area contributed by atoms with E-state index >= 15 is 0 Å². The van der Waals surface area contributed by atoms with Crippen LogP contribution in [-0.4, -0.2) is 46.6 Å². The van der Waals surface area contributed by atoms with Crippen LogP contribution in [0.4, 0.5) is 0 Å². The second-order valence-corrected chi connectivity index (χ2v) is 4.14. The highest BCUT2D eigenvalue weighted by atomic mass is 16.4. The van der Waals surface area contributed by atoms with Gasteiger partial charge in [-0.25, -0.2) is 14.2 Å². The number of aromatic nitrogens is 5. The van der Waals surface area contributed by atoms with Crippen LogP contribution in [0.25, 0.3) is 11.0 Å². The standard InChI is InChI=1S/C9H11N5O4/c1-9(18,8(16)17)4-14-7(15)5-3-10-13(2)6(5)11-12-14/h3,18H,4H2,1-2H3,(H,16,17). The fourth-order valence-corrected chi connectivity index (χ4v) is 1.44. The number of carbonyl (C=O) groups is 1. The van der Waals surface area contributed by atoms with Gasteiger partial charge in [-0.15, -0.1) is 5.10 Å². The molecule has 9 nitrogen and oxygen atoms in total. The lowest BCUT2D eigenvalue weighted by molar-refractivity contribution is -0.158. The Balaban J connectivity index is 2.51. The van der Waals surface area contributed by atoms with E-state index in [1.807, 2.05) is 0 Å². The van der Waals surface area contributed by atoms with Crippen LogP contribution in [0.15, 0.2) is 11.0 Å². The van der Waals surface area contributed by atoms with Crippen LogP contribution < -0.4 is 5.56 Å². The molecule has 96 valence electrons. The van der Waals surface area contributed by atoms with E-state index in [0.29, 0.717) is 5.65 Å². The van der Waals surface area contributed by atoms with Crippen LogP contribution in [0.5, 0.6) is 0 Å². The molecule has 1 atom stereocenters. The SMILES string of the molecule is Cn1ncc2c(=O)n(CC(C)(O)C(=O)O)nnc21. The average Bonchev–Trinajstić information content (AvgIpc) is 2.65. The third-order valence-electron chi connectivity index (χ3n) is 2.54. The minimum Gasteiger partial charge on any atom is -0.479 e. The zero-order valence-corrected chi connectivity index (χ0v) is 9.73. The van der Waals surface area contributed by atoms with E-state index in [1.165, 1.54) is 10.9 Å². The molecule has 0 spiro atoms. The molecule has 0 saturated heterocycles. The molecule has 0 bridgehead atoms. The fraction of sp³-hybridized carbons (Fsp3) is 0.444. The highest BCUT2D eigenvalue weighted by Crippen LogP contribution is 2.07. The van der Waals surface area contributed by atoms with Crippen LogP contribution in [-0.2, 0) is 18.4 Å². The number of hydrogen-bond acceptors (Lipinski definition) is 6. The summed E-state index contributed by atoms with van der Waals surface area (Å²) in [6.45, 7) is 0.593. The second-order valence-electron chi connectivity index (χ2n) is 4.14. The lowest BCUT2D eigenvalue weighted by Crippen LogP contribution is -2.43. The molecule has 2 N–H and O–H groups in total. The van der Waals surface area contributed by atoms with Crippen molar-refractivity contribution in [2.75, 3.05) is 0 Å². The molecule has 18 heavy (non-hydrogen) atoms. The highest BCUT2D eigenvalue weighted by Gasteiger charge is 2.31. The van der Waals surface area contributed by atoms with Crippen LogP contribution in [0, 0.1) is 0 Å². The van der Waals surface area contributed by atoms with E-state index in [1.54, 1.807) is 7.05 Å². The molecule has 0 saturated carbocycles. The third kappa shape index (κ3) is 1.84. The monoisotopic (exact) mass is 253 g/mol. The predicted molar refractivity (Wildman–Crippen MR) is 58.8 cm³/mol. The van der Waals surface area contributed by atoms with Crippen molar-refractivity contribution in [1.82, 2.24) is 24.8 Å². The summed E-state index contributed by atoms with van der Waals surface area (Å²) in [6, 6.07) is 0. The minimum absolute atomic E-state index is 0.216. The Morgan fingerprint density at radius 1 is 1.56 bits per heavy atom. The van der Waals surface area contributed by atoms with Gasteiger partial charge in [0.2, 0.25) is 0 Å². The van der Waals surface area contributed by atoms with Gasteiger partial charge in [0, 0.05) is 7.05 Å². The van der Waals surface area contributed by atoms with Gasteiger partial charge in [0.15, 0.2) is 11.2 Å². The zero-order valence-electron chi connectivity index (χ0n) is 9.73. The predicted octanol–water partition coefficient (Wildman–Crippen LogP) is -1.64. The van der Waals surface area contributed by atoms with Crippen molar-refractivity contribution in [2.24, 2.45) is 7.05 Å². The van der Waals surface area contributed by atoms with Crippen molar-refractivity contribution in [2.45, 2.75) is 19.1 Å². The van der Waals surface area contributed by atoms with Crippen molar-refractivity contribution in [3.05, 3.63) is 16.6 Å². The molecule has 2 rings (SSSR count). The number of hydrogen-bond donors (Lipinski definition) is 2. The molecule has 2 heterocycles. The first-order chi connectivity index (χ1) is 8.33. The van der Waals surface area contributed by atoms with Gasteiger partial charge in [0.25, 0.3) is 5.56 Å². The van der Waals surface area contributed by atoms with Gasteiger partial charge in [-0.2, -0.15) is 5.10 Å². The topological polar surface area (TPSA) is 123 Å². The quantitative estimate of drug-likeness (QED) is 0.672.